The highest BCUT2D eigenvalue weighted by Gasteiger charge is 2.22. The van der Waals surface area contributed by atoms with E-state index in [1.165, 1.54) is 0 Å². The van der Waals surface area contributed by atoms with Gasteiger partial charge < -0.3 is 11.1 Å². The van der Waals surface area contributed by atoms with E-state index in [1.54, 1.807) is 6.20 Å². The number of hydrogen-bond acceptors (Lipinski definition) is 4. The molecule has 2 rings (SSSR count). The number of nitrogens with zero attached hydrogens (tertiary/aromatic N) is 3. The molecule has 0 unspecified atom stereocenters. The van der Waals surface area contributed by atoms with E-state index in [4.69, 9.17) is 5.73 Å². The molecule has 1 amide bonds. The van der Waals surface area contributed by atoms with Gasteiger partial charge in [0.05, 0.1) is 17.5 Å². The summed E-state index contributed by atoms with van der Waals surface area (Å²) >= 11 is 0. The van der Waals surface area contributed by atoms with Crippen molar-refractivity contribution in [1.82, 2.24) is 20.1 Å². The van der Waals surface area contributed by atoms with Crippen molar-refractivity contribution in [3.8, 4) is 0 Å². The fourth-order valence-corrected chi connectivity index (χ4v) is 2.53. The van der Waals surface area contributed by atoms with Crippen LogP contribution in [-0.2, 0) is 0 Å². The number of nitrogens with one attached hydrogen (secondary N) is 1. The number of carbonyl (C=O) groups excluding carboxylic acids is 1. The summed E-state index contributed by atoms with van der Waals surface area (Å²) in [4.78, 5) is 17.1. The molecular formula is C17H29Cl2N5O. The Morgan fingerprint density at radius 1 is 1.32 bits per heavy atom. The van der Waals surface area contributed by atoms with Crippen molar-refractivity contribution < 1.29 is 4.79 Å². The maximum atomic E-state index is 12.5. The second-order valence-corrected chi connectivity index (χ2v) is 6.47. The summed E-state index contributed by atoms with van der Waals surface area (Å²) in [6.45, 7) is 10.5. The molecular weight excluding hydrogens is 361 g/mol. The van der Waals surface area contributed by atoms with E-state index in [0.717, 1.165) is 23.9 Å². The molecule has 0 aliphatic rings. The number of fused-ring (bicyclic) bond motifs is 1. The minimum Gasteiger partial charge on any atom is -0.350 e. The normalized spacial score (nSPS) is 11.2. The first kappa shape index (κ1) is 23.6. The molecule has 0 spiro atoms. The first-order valence-electron chi connectivity index (χ1n) is 8.23. The van der Waals surface area contributed by atoms with Crippen molar-refractivity contribution in [2.45, 2.75) is 59.0 Å². The number of carbonyl (C=O) groups is 1. The highest BCUT2D eigenvalue weighted by Crippen LogP contribution is 2.19. The molecule has 6 nitrogen and oxygen atoms in total. The molecule has 142 valence electrons. The van der Waals surface area contributed by atoms with Crippen LogP contribution in [0.2, 0.25) is 0 Å². The van der Waals surface area contributed by atoms with Gasteiger partial charge in [-0.1, -0.05) is 13.8 Å². The van der Waals surface area contributed by atoms with Gasteiger partial charge in [-0.15, -0.1) is 24.8 Å². The van der Waals surface area contributed by atoms with Crippen molar-refractivity contribution in [2.75, 3.05) is 6.54 Å². The lowest BCUT2D eigenvalue weighted by molar-refractivity contribution is 0.0941. The summed E-state index contributed by atoms with van der Waals surface area (Å²) in [6.07, 6.45) is 3.40. The lowest BCUT2D eigenvalue weighted by atomic mass is 9.94. The number of pyridine rings is 1. The van der Waals surface area contributed by atoms with Crippen LogP contribution >= 0.6 is 24.8 Å². The molecule has 0 aromatic carbocycles. The summed E-state index contributed by atoms with van der Waals surface area (Å²) < 4.78 is 1.86. The molecule has 0 atom stereocenters. The van der Waals surface area contributed by atoms with Crippen LogP contribution in [0.15, 0.2) is 12.3 Å². The van der Waals surface area contributed by atoms with Crippen LogP contribution < -0.4 is 11.1 Å². The van der Waals surface area contributed by atoms with Crippen LogP contribution in [0.3, 0.4) is 0 Å². The number of halogens is 2. The Morgan fingerprint density at radius 2 is 1.92 bits per heavy atom. The van der Waals surface area contributed by atoms with E-state index in [0.29, 0.717) is 17.8 Å². The average molecular weight is 390 g/mol. The Hall–Kier alpha value is -1.37. The number of hydrogen-bond donors (Lipinski definition) is 2. The second-order valence-electron chi connectivity index (χ2n) is 6.47. The van der Waals surface area contributed by atoms with Gasteiger partial charge in [0.15, 0.2) is 5.65 Å². The molecule has 2 heterocycles. The summed E-state index contributed by atoms with van der Waals surface area (Å²) in [5.74, 6) is -0.133. The number of aryl methyl sites for hydroxylation is 1. The van der Waals surface area contributed by atoms with E-state index in [9.17, 15) is 4.79 Å². The van der Waals surface area contributed by atoms with E-state index in [1.807, 2.05) is 31.5 Å². The van der Waals surface area contributed by atoms with Crippen molar-refractivity contribution in [2.24, 2.45) is 5.73 Å². The monoisotopic (exact) mass is 389 g/mol. The van der Waals surface area contributed by atoms with Crippen LogP contribution in [-0.4, -0.2) is 32.8 Å². The fourth-order valence-electron chi connectivity index (χ4n) is 2.53. The molecule has 8 heteroatoms. The quantitative estimate of drug-likeness (QED) is 0.792. The van der Waals surface area contributed by atoms with Gasteiger partial charge in [-0.2, -0.15) is 5.10 Å². The summed E-state index contributed by atoms with van der Waals surface area (Å²) in [5.41, 5.74) is 7.98. The Bertz CT molecular complexity index is 710. The third kappa shape index (κ3) is 5.06. The zero-order chi connectivity index (χ0) is 17.2. The Balaban J connectivity index is 0.00000288. The molecule has 0 saturated heterocycles. The first-order valence-corrected chi connectivity index (χ1v) is 8.23. The van der Waals surface area contributed by atoms with Crippen LogP contribution in [0.5, 0.6) is 0 Å². The molecule has 2 aromatic heterocycles. The smallest absolute Gasteiger partial charge is 0.253 e. The average Bonchev–Trinajstić information content (AvgIpc) is 2.94. The van der Waals surface area contributed by atoms with Crippen LogP contribution in [0.1, 0.15) is 62.6 Å². The van der Waals surface area contributed by atoms with E-state index >= 15 is 0 Å². The minimum absolute atomic E-state index is 0. The van der Waals surface area contributed by atoms with Crippen LogP contribution in [0.25, 0.3) is 11.0 Å². The van der Waals surface area contributed by atoms with Gasteiger partial charge in [-0.25, -0.2) is 9.67 Å². The fraction of sp³-hybridized carbons (Fsp3) is 0.588. The van der Waals surface area contributed by atoms with Crippen molar-refractivity contribution >= 4 is 41.8 Å². The number of nitrogens with two attached hydrogens (primary N) is 1. The Kier molecular flexibility index (Phi) is 8.85. The third-order valence-electron chi connectivity index (χ3n) is 4.50. The van der Waals surface area contributed by atoms with Crippen LogP contribution in [0.4, 0.5) is 0 Å². The molecule has 0 radical (unpaired) electrons. The molecule has 0 fully saturated rings. The van der Waals surface area contributed by atoms with Crippen molar-refractivity contribution in [1.29, 1.82) is 0 Å². The van der Waals surface area contributed by atoms with E-state index in [-0.39, 0.29) is 42.3 Å². The van der Waals surface area contributed by atoms with Gasteiger partial charge in [-0.3, -0.25) is 4.79 Å². The van der Waals surface area contributed by atoms with Gasteiger partial charge in [-0.05, 0) is 39.7 Å². The van der Waals surface area contributed by atoms with Gasteiger partial charge in [0.2, 0.25) is 0 Å². The summed E-state index contributed by atoms with van der Waals surface area (Å²) in [5, 5.41) is 8.17. The minimum atomic E-state index is -0.358. The molecule has 25 heavy (non-hydrogen) atoms. The first-order chi connectivity index (χ1) is 10.8. The maximum absolute atomic E-state index is 12.5. The van der Waals surface area contributed by atoms with Gasteiger partial charge in [0.1, 0.15) is 0 Å². The second kappa shape index (κ2) is 9.36. The molecule has 0 bridgehead atoms. The van der Waals surface area contributed by atoms with Crippen molar-refractivity contribution in [3.05, 3.63) is 23.5 Å². The zero-order valence-electron chi connectivity index (χ0n) is 15.5. The Labute approximate surface area is 161 Å². The molecule has 0 aliphatic heterocycles. The SMILES string of the molecule is CCC(N)(CC)CNC(=O)c1cc2cnn(C(C)C)c2nc1C.Cl.Cl. The molecule has 0 saturated carbocycles. The van der Waals surface area contributed by atoms with Crippen molar-refractivity contribution in [3.63, 3.8) is 0 Å². The Morgan fingerprint density at radius 3 is 2.44 bits per heavy atom. The number of amides is 1. The lowest BCUT2D eigenvalue weighted by Crippen LogP contribution is -2.49. The highest BCUT2D eigenvalue weighted by atomic mass is 35.5. The largest absolute Gasteiger partial charge is 0.350 e. The number of aromatic nitrogens is 3. The predicted molar refractivity (Wildman–Crippen MR) is 107 cm³/mol. The molecule has 3 N–H and O–H groups in total. The third-order valence-corrected chi connectivity index (χ3v) is 4.50. The number of rotatable bonds is 6. The molecule has 2 aromatic rings. The van der Waals surface area contributed by atoms with Gasteiger partial charge in [0.25, 0.3) is 5.91 Å². The zero-order valence-corrected chi connectivity index (χ0v) is 17.1. The van der Waals surface area contributed by atoms with Crippen LogP contribution in [0, 0.1) is 6.92 Å². The predicted octanol–water partition coefficient (Wildman–Crippen LogP) is 3.41. The van der Waals surface area contributed by atoms with Gasteiger partial charge >= 0.3 is 0 Å². The summed E-state index contributed by atoms with van der Waals surface area (Å²) in [6, 6.07) is 2.08. The van der Waals surface area contributed by atoms with E-state index < -0.39 is 0 Å². The summed E-state index contributed by atoms with van der Waals surface area (Å²) in [7, 11) is 0. The van der Waals surface area contributed by atoms with E-state index in [2.05, 4.69) is 29.2 Å². The molecule has 0 aliphatic carbocycles. The standard InChI is InChI=1S/C17H27N5O.2ClH/c1-6-17(18,7-2)10-19-16(23)14-8-13-9-20-22(11(3)4)15(13)21-12(14)5;;/h8-9,11H,6-7,10,18H2,1-5H3,(H,19,23);2*1H. The lowest BCUT2D eigenvalue weighted by Gasteiger charge is -2.26. The van der Waals surface area contributed by atoms with Gasteiger partial charge in [0, 0.05) is 23.5 Å². The maximum Gasteiger partial charge on any atom is 0.253 e. The topological polar surface area (TPSA) is 85.8 Å². The highest BCUT2D eigenvalue weighted by molar-refractivity contribution is 5.98.